The molecule has 1 saturated heterocycles. The van der Waals surface area contributed by atoms with Crippen molar-refractivity contribution < 1.29 is 9.21 Å². The predicted molar refractivity (Wildman–Crippen MR) is 73.4 cm³/mol. The second-order valence-electron chi connectivity index (χ2n) is 5.49. The Morgan fingerprint density at radius 1 is 1.63 bits per heavy atom. The van der Waals surface area contributed by atoms with Gasteiger partial charge in [0.15, 0.2) is 0 Å². The van der Waals surface area contributed by atoms with Crippen LogP contribution in [0, 0.1) is 5.92 Å². The Labute approximate surface area is 114 Å². The summed E-state index contributed by atoms with van der Waals surface area (Å²) in [7, 11) is 1.81. The number of likely N-dealkylation sites (N-methyl/N-ethyl adjacent to an activating group) is 1. The summed E-state index contributed by atoms with van der Waals surface area (Å²) in [6.45, 7) is 4.95. The van der Waals surface area contributed by atoms with Crippen LogP contribution in [0.15, 0.2) is 22.8 Å². The molecule has 0 bridgehead atoms. The van der Waals surface area contributed by atoms with Crippen LogP contribution in [0.2, 0.25) is 0 Å². The van der Waals surface area contributed by atoms with Gasteiger partial charge < -0.3 is 15.1 Å². The van der Waals surface area contributed by atoms with Gasteiger partial charge in [0.2, 0.25) is 5.91 Å². The molecule has 2 N–H and O–H groups in total. The lowest BCUT2D eigenvalue weighted by Gasteiger charge is -2.35. The second kappa shape index (κ2) is 6.21. The van der Waals surface area contributed by atoms with Crippen molar-refractivity contribution in [3.05, 3.63) is 24.2 Å². The highest BCUT2D eigenvalue weighted by molar-refractivity contribution is 5.77. The third-order valence-corrected chi connectivity index (χ3v) is 3.81. The fourth-order valence-corrected chi connectivity index (χ4v) is 2.43. The van der Waals surface area contributed by atoms with E-state index in [1.54, 1.807) is 11.2 Å². The lowest BCUT2D eigenvalue weighted by molar-refractivity contribution is -0.132. The Balaban J connectivity index is 1.80. The Morgan fingerprint density at radius 3 is 3.05 bits per heavy atom. The molecule has 2 unspecified atom stereocenters. The monoisotopic (exact) mass is 265 g/mol. The predicted octanol–water partition coefficient (Wildman–Crippen LogP) is 0.907. The van der Waals surface area contributed by atoms with Crippen molar-refractivity contribution in [2.75, 3.05) is 26.7 Å². The number of piperidine rings is 1. The summed E-state index contributed by atoms with van der Waals surface area (Å²) in [4.78, 5) is 16.0. The molecular formula is C14H23N3O2. The van der Waals surface area contributed by atoms with Gasteiger partial charge in [0, 0.05) is 26.2 Å². The van der Waals surface area contributed by atoms with Gasteiger partial charge >= 0.3 is 0 Å². The van der Waals surface area contributed by atoms with E-state index in [1.165, 1.54) is 0 Å². The van der Waals surface area contributed by atoms with Gasteiger partial charge in [-0.15, -0.1) is 0 Å². The lowest BCUT2D eigenvalue weighted by atomic mass is 9.95. The van der Waals surface area contributed by atoms with Crippen molar-refractivity contribution >= 4 is 5.91 Å². The van der Waals surface area contributed by atoms with Crippen LogP contribution in [0.1, 0.15) is 19.1 Å². The molecule has 0 spiro atoms. The van der Waals surface area contributed by atoms with Gasteiger partial charge in [-0.3, -0.25) is 9.69 Å². The topological polar surface area (TPSA) is 62.7 Å². The molecule has 5 nitrogen and oxygen atoms in total. The van der Waals surface area contributed by atoms with E-state index in [1.807, 2.05) is 19.2 Å². The number of likely N-dealkylation sites (tertiary alicyclic amines) is 1. The molecule has 1 aliphatic heterocycles. The number of hydrogen-bond donors (Lipinski definition) is 1. The first-order valence-electron chi connectivity index (χ1n) is 6.80. The molecule has 2 atom stereocenters. The standard InChI is InChI=1S/C14H23N3O2/c1-11-8-17(6-5-13(11)15)10-14(18)16(2)9-12-4-3-7-19-12/h3-4,7,11,13H,5-6,8-10,15H2,1-2H3. The van der Waals surface area contributed by atoms with Crippen LogP contribution >= 0.6 is 0 Å². The minimum absolute atomic E-state index is 0.124. The molecule has 1 aliphatic rings. The number of nitrogens with two attached hydrogens (primary N) is 1. The van der Waals surface area contributed by atoms with Crippen molar-refractivity contribution in [1.82, 2.24) is 9.80 Å². The van der Waals surface area contributed by atoms with Gasteiger partial charge in [-0.2, -0.15) is 0 Å². The van der Waals surface area contributed by atoms with Crippen LogP contribution in [0.4, 0.5) is 0 Å². The number of furan rings is 1. The first-order valence-corrected chi connectivity index (χ1v) is 6.80. The summed E-state index contributed by atoms with van der Waals surface area (Å²) in [6.07, 6.45) is 2.59. The number of amides is 1. The fourth-order valence-electron chi connectivity index (χ4n) is 2.43. The van der Waals surface area contributed by atoms with E-state index in [2.05, 4.69) is 11.8 Å². The average Bonchev–Trinajstić information content (AvgIpc) is 2.86. The largest absolute Gasteiger partial charge is 0.467 e. The lowest BCUT2D eigenvalue weighted by Crippen LogP contribution is -2.49. The minimum Gasteiger partial charge on any atom is -0.467 e. The zero-order valence-electron chi connectivity index (χ0n) is 11.7. The zero-order chi connectivity index (χ0) is 13.8. The number of nitrogens with zero attached hydrogens (tertiary/aromatic N) is 2. The highest BCUT2D eigenvalue weighted by Crippen LogP contribution is 2.15. The van der Waals surface area contributed by atoms with Gasteiger partial charge in [0.25, 0.3) is 0 Å². The van der Waals surface area contributed by atoms with Crippen molar-refractivity contribution in [2.24, 2.45) is 11.7 Å². The van der Waals surface area contributed by atoms with Crippen LogP contribution in [0.5, 0.6) is 0 Å². The summed E-state index contributed by atoms with van der Waals surface area (Å²) in [5, 5.41) is 0. The second-order valence-corrected chi connectivity index (χ2v) is 5.49. The highest BCUT2D eigenvalue weighted by atomic mass is 16.3. The summed E-state index contributed by atoms with van der Waals surface area (Å²) < 4.78 is 5.25. The number of rotatable bonds is 4. The number of hydrogen-bond acceptors (Lipinski definition) is 4. The molecule has 5 heteroatoms. The SMILES string of the molecule is CC1CN(CC(=O)N(C)Cc2ccco2)CCC1N. The molecule has 1 aromatic heterocycles. The summed E-state index contributed by atoms with van der Waals surface area (Å²) in [5.41, 5.74) is 5.99. The van der Waals surface area contributed by atoms with Gasteiger partial charge in [-0.05, 0) is 24.5 Å². The van der Waals surface area contributed by atoms with E-state index in [0.717, 1.165) is 25.3 Å². The van der Waals surface area contributed by atoms with Crippen molar-refractivity contribution in [3.8, 4) is 0 Å². The van der Waals surface area contributed by atoms with E-state index < -0.39 is 0 Å². The van der Waals surface area contributed by atoms with Crippen LogP contribution in [-0.4, -0.2) is 48.4 Å². The Morgan fingerprint density at radius 2 is 2.42 bits per heavy atom. The highest BCUT2D eigenvalue weighted by Gasteiger charge is 2.25. The quantitative estimate of drug-likeness (QED) is 0.879. The molecule has 19 heavy (non-hydrogen) atoms. The molecule has 1 amide bonds. The zero-order valence-corrected chi connectivity index (χ0v) is 11.7. The Hall–Kier alpha value is -1.33. The third kappa shape index (κ3) is 3.81. The number of carbonyl (C=O) groups is 1. The summed E-state index contributed by atoms with van der Waals surface area (Å²) >= 11 is 0. The van der Waals surface area contributed by atoms with E-state index in [4.69, 9.17) is 10.2 Å². The minimum atomic E-state index is 0.124. The summed E-state index contributed by atoms with van der Waals surface area (Å²) in [5.74, 6) is 1.39. The Bertz CT molecular complexity index is 405. The van der Waals surface area contributed by atoms with Gasteiger partial charge in [0.1, 0.15) is 5.76 Å². The first kappa shape index (κ1) is 14.1. The van der Waals surface area contributed by atoms with Crippen molar-refractivity contribution in [1.29, 1.82) is 0 Å². The average molecular weight is 265 g/mol. The molecule has 0 radical (unpaired) electrons. The molecule has 0 saturated carbocycles. The third-order valence-electron chi connectivity index (χ3n) is 3.81. The maximum Gasteiger partial charge on any atom is 0.236 e. The van der Waals surface area contributed by atoms with E-state index in [9.17, 15) is 4.79 Å². The van der Waals surface area contributed by atoms with Crippen LogP contribution in [-0.2, 0) is 11.3 Å². The maximum absolute atomic E-state index is 12.1. The molecule has 0 aliphatic carbocycles. The van der Waals surface area contributed by atoms with E-state index >= 15 is 0 Å². The van der Waals surface area contributed by atoms with Crippen LogP contribution < -0.4 is 5.73 Å². The number of carbonyl (C=O) groups excluding carboxylic acids is 1. The molecule has 2 heterocycles. The molecule has 0 aromatic carbocycles. The fraction of sp³-hybridized carbons (Fsp3) is 0.643. The molecule has 1 aromatic rings. The molecule has 106 valence electrons. The van der Waals surface area contributed by atoms with Crippen LogP contribution in [0.3, 0.4) is 0 Å². The molecule has 2 rings (SSSR count). The molecular weight excluding hydrogens is 242 g/mol. The van der Waals surface area contributed by atoms with Gasteiger partial charge in [-0.1, -0.05) is 6.92 Å². The maximum atomic E-state index is 12.1. The van der Waals surface area contributed by atoms with Crippen molar-refractivity contribution in [3.63, 3.8) is 0 Å². The van der Waals surface area contributed by atoms with Gasteiger partial charge in [-0.25, -0.2) is 0 Å². The smallest absolute Gasteiger partial charge is 0.236 e. The first-order chi connectivity index (χ1) is 9.06. The van der Waals surface area contributed by atoms with E-state index in [0.29, 0.717) is 19.0 Å². The Kier molecular flexibility index (Phi) is 4.61. The molecule has 1 fully saturated rings. The normalized spacial score (nSPS) is 24.4. The van der Waals surface area contributed by atoms with Crippen molar-refractivity contribution in [2.45, 2.75) is 25.9 Å². The van der Waals surface area contributed by atoms with Crippen LogP contribution in [0.25, 0.3) is 0 Å². The van der Waals surface area contributed by atoms with E-state index in [-0.39, 0.29) is 11.9 Å². The summed E-state index contributed by atoms with van der Waals surface area (Å²) in [6, 6.07) is 3.99. The van der Waals surface area contributed by atoms with Gasteiger partial charge in [0.05, 0.1) is 19.4 Å².